The van der Waals surface area contributed by atoms with Crippen LogP contribution in [0.25, 0.3) is 0 Å². The van der Waals surface area contributed by atoms with Gasteiger partial charge in [0.1, 0.15) is 0 Å². The number of rotatable bonds is 1. The summed E-state index contributed by atoms with van der Waals surface area (Å²) in [5.74, 6) is 0.122. The Morgan fingerprint density at radius 3 is 2.33 bits per heavy atom. The first-order chi connectivity index (χ1) is 5.74. The molecule has 0 aromatic carbocycles. The summed E-state index contributed by atoms with van der Waals surface area (Å²) in [6.07, 6.45) is 2.00. The summed E-state index contributed by atoms with van der Waals surface area (Å²) >= 11 is 0. The van der Waals surface area contributed by atoms with Crippen LogP contribution in [-0.2, 0) is 4.79 Å². The van der Waals surface area contributed by atoms with Crippen LogP contribution < -0.4 is 5.32 Å². The molecule has 0 aromatic heterocycles. The molecular weight excluding hydrogens is 154 g/mol. The predicted molar refractivity (Wildman–Crippen MR) is 48.8 cm³/mol. The maximum absolute atomic E-state index is 10.9. The lowest BCUT2D eigenvalue weighted by Crippen LogP contribution is -2.25. The monoisotopic (exact) mass is 173 g/mol. The van der Waals surface area contributed by atoms with Crippen LogP contribution in [0.4, 0.5) is 0 Å². The minimum Gasteiger partial charge on any atom is -0.393 e. The van der Waals surface area contributed by atoms with Gasteiger partial charge in [0.25, 0.3) is 0 Å². The zero-order valence-corrected chi connectivity index (χ0v) is 8.13. The van der Waals surface area contributed by atoms with Gasteiger partial charge >= 0.3 is 0 Å². The van der Waals surface area contributed by atoms with Crippen molar-refractivity contribution in [2.45, 2.75) is 39.2 Å². The van der Waals surface area contributed by atoms with E-state index < -0.39 is 0 Å². The van der Waals surface area contributed by atoms with Crippen LogP contribution in [0, 0.1) is 5.92 Å². The van der Waals surface area contributed by atoms with Crippen molar-refractivity contribution in [1.29, 1.82) is 0 Å². The Hall–Kier alpha value is -0.570. The molecule has 2 unspecified atom stereocenters. The minimum atomic E-state index is -0.248. The third-order valence-electron chi connectivity index (χ3n) is 2.02. The molecule has 1 rings (SSSR count). The fraction of sp³-hybridized carbons (Fsp3) is 0.889. The van der Waals surface area contributed by atoms with Gasteiger partial charge < -0.3 is 10.4 Å². The van der Waals surface area contributed by atoms with Gasteiger partial charge in [-0.25, -0.2) is 0 Å². The second kappa shape index (κ2) is 6.00. The van der Waals surface area contributed by atoms with E-state index in [0.29, 0.717) is 6.42 Å². The van der Waals surface area contributed by atoms with Gasteiger partial charge in [-0.15, -0.1) is 0 Å². The van der Waals surface area contributed by atoms with Crippen molar-refractivity contribution in [2.75, 3.05) is 7.05 Å². The molecule has 0 aliphatic heterocycles. The normalized spacial score (nSPS) is 27.3. The van der Waals surface area contributed by atoms with Crippen LogP contribution >= 0.6 is 0 Å². The molecule has 1 fully saturated rings. The number of hydrogen-bond acceptors (Lipinski definition) is 2. The zero-order chi connectivity index (χ0) is 9.56. The Kier molecular flexibility index (Phi) is 5.72. The van der Waals surface area contributed by atoms with Crippen molar-refractivity contribution in [2.24, 2.45) is 5.92 Å². The standard InChI is InChI=1S/C7H13NO2.C2H6/c1-8-7(10)5-2-3-6(9)4-5;1-2/h5-6,9H,2-4H2,1H3,(H,8,10);1-2H3. The second-order valence-electron chi connectivity index (χ2n) is 2.78. The molecule has 0 radical (unpaired) electrons. The summed E-state index contributed by atoms with van der Waals surface area (Å²) in [6, 6.07) is 0. The fourth-order valence-electron chi connectivity index (χ4n) is 1.40. The first-order valence-corrected chi connectivity index (χ1v) is 4.63. The van der Waals surface area contributed by atoms with Gasteiger partial charge in [0, 0.05) is 13.0 Å². The van der Waals surface area contributed by atoms with Crippen LogP contribution in [-0.4, -0.2) is 24.2 Å². The van der Waals surface area contributed by atoms with E-state index in [4.69, 9.17) is 5.11 Å². The molecule has 2 atom stereocenters. The molecule has 0 spiro atoms. The van der Waals surface area contributed by atoms with E-state index in [0.717, 1.165) is 12.8 Å². The fourth-order valence-corrected chi connectivity index (χ4v) is 1.40. The van der Waals surface area contributed by atoms with E-state index in [1.54, 1.807) is 7.05 Å². The Morgan fingerprint density at radius 2 is 2.00 bits per heavy atom. The molecule has 1 aliphatic carbocycles. The Balaban J connectivity index is 0.000000561. The lowest BCUT2D eigenvalue weighted by molar-refractivity contribution is -0.124. The molecule has 2 N–H and O–H groups in total. The van der Waals surface area contributed by atoms with Crippen LogP contribution in [0.5, 0.6) is 0 Å². The minimum absolute atomic E-state index is 0.0556. The van der Waals surface area contributed by atoms with Crippen molar-refractivity contribution >= 4 is 5.91 Å². The first kappa shape index (κ1) is 11.4. The summed E-state index contributed by atoms with van der Waals surface area (Å²) < 4.78 is 0. The summed E-state index contributed by atoms with van der Waals surface area (Å²) in [5, 5.41) is 11.6. The van der Waals surface area contributed by atoms with Crippen molar-refractivity contribution < 1.29 is 9.90 Å². The number of hydrogen-bond donors (Lipinski definition) is 2. The predicted octanol–water partition coefficient (Wildman–Crippen LogP) is 0.920. The van der Waals surface area contributed by atoms with Crippen molar-refractivity contribution in [3.8, 4) is 0 Å². The van der Waals surface area contributed by atoms with Crippen molar-refractivity contribution in [1.82, 2.24) is 5.32 Å². The maximum atomic E-state index is 10.9. The molecular formula is C9H19NO2. The molecule has 0 bridgehead atoms. The third-order valence-corrected chi connectivity index (χ3v) is 2.02. The van der Waals surface area contributed by atoms with Gasteiger partial charge in [-0.05, 0) is 19.3 Å². The summed E-state index contributed by atoms with van der Waals surface area (Å²) in [7, 11) is 1.63. The second-order valence-corrected chi connectivity index (χ2v) is 2.78. The molecule has 1 saturated carbocycles. The van der Waals surface area contributed by atoms with Crippen LogP contribution in [0.2, 0.25) is 0 Å². The SMILES string of the molecule is CC.CNC(=O)C1CCC(O)C1. The number of carbonyl (C=O) groups is 1. The molecule has 12 heavy (non-hydrogen) atoms. The van der Waals surface area contributed by atoms with E-state index in [-0.39, 0.29) is 17.9 Å². The highest BCUT2D eigenvalue weighted by Crippen LogP contribution is 2.24. The number of carbonyl (C=O) groups excluding carboxylic acids is 1. The van der Waals surface area contributed by atoms with Crippen LogP contribution in [0.3, 0.4) is 0 Å². The summed E-state index contributed by atoms with van der Waals surface area (Å²) in [6.45, 7) is 4.00. The van der Waals surface area contributed by atoms with E-state index >= 15 is 0 Å². The van der Waals surface area contributed by atoms with Crippen LogP contribution in [0.1, 0.15) is 33.1 Å². The third kappa shape index (κ3) is 3.22. The molecule has 3 nitrogen and oxygen atoms in total. The first-order valence-electron chi connectivity index (χ1n) is 4.63. The summed E-state index contributed by atoms with van der Waals surface area (Å²) in [5.41, 5.74) is 0. The number of amides is 1. The molecule has 0 aromatic rings. The quantitative estimate of drug-likeness (QED) is 0.619. The Morgan fingerprint density at radius 1 is 1.42 bits per heavy atom. The molecule has 1 amide bonds. The van der Waals surface area contributed by atoms with Gasteiger partial charge in [0.05, 0.1) is 6.10 Å². The lowest BCUT2D eigenvalue weighted by atomic mass is 10.1. The number of aliphatic hydroxyl groups excluding tert-OH is 1. The molecule has 3 heteroatoms. The van der Waals surface area contributed by atoms with Gasteiger partial charge in [0.2, 0.25) is 5.91 Å². The van der Waals surface area contributed by atoms with Crippen molar-refractivity contribution in [3.05, 3.63) is 0 Å². The van der Waals surface area contributed by atoms with E-state index in [2.05, 4.69) is 5.32 Å². The number of nitrogens with one attached hydrogen (secondary N) is 1. The van der Waals surface area contributed by atoms with Gasteiger partial charge in [-0.3, -0.25) is 4.79 Å². The van der Waals surface area contributed by atoms with Gasteiger partial charge in [0.15, 0.2) is 0 Å². The smallest absolute Gasteiger partial charge is 0.222 e. The average Bonchev–Trinajstić information content (AvgIpc) is 2.54. The topological polar surface area (TPSA) is 49.3 Å². The van der Waals surface area contributed by atoms with Gasteiger partial charge in [-0.1, -0.05) is 13.8 Å². The summed E-state index contributed by atoms with van der Waals surface area (Å²) in [4.78, 5) is 10.9. The highest BCUT2D eigenvalue weighted by atomic mass is 16.3. The average molecular weight is 173 g/mol. The molecule has 1 aliphatic rings. The largest absolute Gasteiger partial charge is 0.393 e. The Labute approximate surface area is 74.2 Å². The Bertz CT molecular complexity index is 136. The van der Waals surface area contributed by atoms with E-state index in [1.165, 1.54) is 0 Å². The lowest BCUT2D eigenvalue weighted by Gasteiger charge is -2.05. The molecule has 72 valence electrons. The zero-order valence-electron chi connectivity index (χ0n) is 8.13. The van der Waals surface area contributed by atoms with Crippen molar-refractivity contribution in [3.63, 3.8) is 0 Å². The highest BCUT2D eigenvalue weighted by Gasteiger charge is 2.27. The molecule has 0 saturated heterocycles. The van der Waals surface area contributed by atoms with E-state index in [9.17, 15) is 4.79 Å². The number of aliphatic hydroxyl groups is 1. The van der Waals surface area contributed by atoms with Gasteiger partial charge in [-0.2, -0.15) is 0 Å². The molecule has 0 heterocycles. The van der Waals surface area contributed by atoms with Crippen LogP contribution in [0.15, 0.2) is 0 Å². The van der Waals surface area contributed by atoms with E-state index in [1.807, 2.05) is 13.8 Å². The maximum Gasteiger partial charge on any atom is 0.222 e. The highest BCUT2D eigenvalue weighted by molar-refractivity contribution is 5.78.